The van der Waals surface area contributed by atoms with Crippen LogP contribution in [0.5, 0.6) is 5.75 Å². The highest BCUT2D eigenvalue weighted by Gasteiger charge is 2.05. The highest BCUT2D eigenvalue weighted by atomic mass is 19.1. The lowest BCUT2D eigenvalue weighted by Gasteiger charge is -2.13. The lowest BCUT2D eigenvalue weighted by molar-refractivity contribution is -0.384. The van der Waals surface area contributed by atoms with Gasteiger partial charge in [-0.1, -0.05) is 30.3 Å². The van der Waals surface area contributed by atoms with Crippen molar-refractivity contribution < 1.29 is 14.1 Å². The fourth-order valence-electron chi connectivity index (χ4n) is 2.75. The van der Waals surface area contributed by atoms with E-state index in [-0.39, 0.29) is 11.5 Å². The van der Waals surface area contributed by atoms with Crippen molar-refractivity contribution in [3.8, 4) is 5.75 Å². The smallest absolute Gasteiger partial charge is 0.269 e. The molecule has 0 amide bonds. The maximum atomic E-state index is 13.0. The second-order valence-electron chi connectivity index (χ2n) is 6.43. The Labute approximate surface area is 168 Å². The summed E-state index contributed by atoms with van der Waals surface area (Å²) >= 11 is 0. The fourth-order valence-corrected chi connectivity index (χ4v) is 2.75. The molecule has 0 heterocycles. The van der Waals surface area contributed by atoms with E-state index in [1.54, 1.807) is 24.3 Å². The SMILES string of the molecule is O=[N+]([O-])c1ccc(NCCNCc2ccccc2OCc2ccc(F)cc2)cc1. The summed E-state index contributed by atoms with van der Waals surface area (Å²) in [5.41, 5.74) is 2.85. The molecule has 0 aliphatic rings. The monoisotopic (exact) mass is 395 g/mol. The summed E-state index contributed by atoms with van der Waals surface area (Å²) in [6.07, 6.45) is 0. The number of halogens is 1. The molecule has 0 bridgehead atoms. The summed E-state index contributed by atoms with van der Waals surface area (Å²) < 4.78 is 18.9. The number of anilines is 1. The molecule has 0 fully saturated rings. The van der Waals surface area contributed by atoms with Crippen molar-refractivity contribution in [1.29, 1.82) is 0 Å². The molecule has 0 atom stereocenters. The first-order valence-electron chi connectivity index (χ1n) is 9.26. The second-order valence-corrected chi connectivity index (χ2v) is 6.43. The lowest BCUT2D eigenvalue weighted by Crippen LogP contribution is -2.22. The van der Waals surface area contributed by atoms with Crippen molar-refractivity contribution in [3.05, 3.63) is 99.9 Å². The van der Waals surface area contributed by atoms with Crippen molar-refractivity contribution >= 4 is 11.4 Å². The van der Waals surface area contributed by atoms with Crippen LogP contribution in [0.4, 0.5) is 15.8 Å². The molecule has 150 valence electrons. The predicted molar refractivity (Wildman–Crippen MR) is 110 cm³/mol. The summed E-state index contributed by atoms with van der Waals surface area (Å²) in [4.78, 5) is 10.2. The largest absolute Gasteiger partial charge is 0.489 e. The maximum absolute atomic E-state index is 13.0. The Hall–Kier alpha value is -3.45. The lowest BCUT2D eigenvalue weighted by atomic mass is 10.2. The molecule has 0 saturated carbocycles. The highest BCUT2D eigenvalue weighted by Crippen LogP contribution is 2.19. The van der Waals surface area contributed by atoms with Crippen LogP contribution in [0.25, 0.3) is 0 Å². The van der Waals surface area contributed by atoms with Gasteiger partial charge in [0.15, 0.2) is 0 Å². The van der Waals surface area contributed by atoms with Crippen molar-refractivity contribution in [1.82, 2.24) is 5.32 Å². The van der Waals surface area contributed by atoms with E-state index in [4.69, 9.17) is 4.74 Å². The van der Waals surface area contributed by atoms with Crippen LogP contribution in [-0.2, 0) is 13.2 Å². The molecule has 0 saturated heterocycles. The molecule has 2 N–H and O–H groups in total. The zero-order valence-electron chi connectivity index (χ0n) is 15.8. The Kier molecular flexibility index (Phi) is 7.13. The van der Waals surface area contributed by atoms with Crippen LogP contribution >= 0.6 is 0 Å². The van der Waals surface area contributed by atoms with E-state index in [1.165, 1.54) is 24.3 Å². The van der Waals surface area contributed by atoms with Crippen LogP contribution in [0, 0.1) is 15.9 Å². The van der Waals surface area contributed by atoms with Gasteiger partial charge in [0.25, 0.3) is 5.69 Å². The van der Waals surface area contributed by atoms with Gasteiger partial charge in [-0.2, -0.15) is 0 Å². The normalized spacial score (nSPS) is 10.5. The van der Waals surface area contributed by atoms with Crippen LogP contribution in [0.15, 0.2) is 72.8 Å². The van der Waals surface area contributed by atoms with Gasteiger partial charge in [0.2, 0.25) is 0 Å². The number of non-ortho nitro benzene ring substituents is 1. The van der Waals surface area contributed by atoms with E-state index in [1.807, 2.05) is 24.3 Å². The summed E-state index contributed by atoms with van der Waals surface area (Å²) in [5.74, 6) is 0.522. The average molecular weight is 395 g/mol. The molecule has 3 rings (SSSR count). The van der Waals surface area contributed by atoms with Gasteiger partial charge in [0, 0.05) is 43.0 Å². The van der Waals surface area contributed by atoms with Crippen molar-refractivity contribution in [2.24, 2.45) is 0 Å². The maximum Gasteiger partial charge on any atom is 0.269 e. The second kappa shape index (κ2) is 10.2. The number of para-hydroxylation sites is 1. The van der Waals surface area contributed by atoms with Gasteiger partial charge in [0.1, 0.15) is 18.2 Å². The number of nitrogens with zero attached hydrogens (tertiary/aromatic N) is 1. The van der Waals surface area contributed by atoms with Crippen molar-refractivity contribution in [2.75, 3.05) is 18.4 Å². The topological polar surface area (TPSA) is 76.4 Å². The van der Waals surface area contributed by atoms with E-state index in [0.29, 0.717) is 26.2 Å². The van der Waals surface area contributed by atoms with Crippen molar-refractivity contribution in [3.63, 3.8) is 0 Å². The standard InChI is InChI=1S/C22H22FN3O3/c23-19-7-5-17(6-8-19)16-29-22-4-2-1-3-18(22)15-24-13-14-25-20-9-11-21(12-10-20)26(27)28/h1-12,24-25H,13-16H2. The summed E-state index contributed by atoms with van der Waals surface area (Å²) in [5, 5.41) is 17.2. The number of benzene rings is 3. The molecular formula is C22H22FN3O3. The predicted octanol–water partition coefficient (Wildman–Crippen LogP) is 4.51. The number of nitrogens with one attached hydrogen (secondary N) is 2. The molecule has 3 aromatic carbocycles. The Balaban J connectivity index is 1.43. The Morgan fingerprint density at radius 3 is 2.38 bits per heavy atom. The van der Waals surface area contributed by atoms with Gasteiger partial charge < -0.3 is 15.4 Å². The molecule has 0 radical (unpaired) electrons. The van der Waals surface area contributed by atoms with Crippen LogP contribution in [0.2, 0.25) is 0 Å². The quantitative estimate of drug-likeness (QED) is 0.300. The number of rotatable bonds is 10. The molecule has 0 aliphatic heterocycles. The van der Waals surface area contributed by atoms with E-state index >= 15 is 0 Å². The van der Waals surface area contributed by atoms with E-state index in [9.17, 15) is 14.5 Å². The van der Waals surface area contributed by atoms with Crippen LogP contribution in [0.3, 0.4) is 0 Å². The van der Waals surface area contributed by atoms with Crippen LogP contribution in [-0.4, -0.2) is 18.0 Å². The fraction of sp³-hybridized carbons (Fsp3) is 0.182. The van der Waals surface area contributed by atoms with Gasteiger partial charge in [-0.05, 0) is 35.9 Å². The third-order valence-corrected chi connectivity index (χ3v) is 4.30. The molecular weight excluding hydrogens is 373 g/mol. The van der Waals surface area contributed by atoms with Gasteiger partial charge in [-0.25, -0.2) is 4.39 Å². The molecule has 3 aromatic rings. The van der Waals surface area contributed by atoms with E-state index in [2.05, 4.69) is 10.6 Å². The zero-order valence-corrected chi connectivity index (χ0v) is 15.8. The third kappa shape index (κ3) is 6.29. The minimum Gasteiger partial charge on any atom is -0.489 e. The van der Waals surface area contributed by atoms with Crippen molar-refractivity contribution in [2.45, 2.75) is 13.2 Å². The third-order valence-electron chi connectivity index (χ3n) is 4.30. The number of ether oxygens (including phenoxy) is 1. The Morgan fingerprint density at radius 1 is 0.931 bits per heavy atom. The van der Waals surface area contributed by atoms with Gasteiger partial charge in [-0.3, -0.25) is 10.1 Å². The molecule has 0 aliphatic carbocycles. The van der Waals surface area contributed by atoms with Gasteiger partial charge in [-0.15, -0.1) is 0 Å². The Bertz CT molecular complexity index is 931. The number of hydrogen-bond donors (Lipinski definition) is 2. The van der Waals surface area contributed by atoms with Gasteiger partial charge in [0.05, 0.1) is 4.92 Å². The van der Waals surface area contributed by atoms with Crippen LogP contribution < -0.4 is 15.4 Å². The van der Waals surface area contributed by atoms with E-state index < -0.39 is 4.92 Å². The van der Waals surface area contributed by atoms with Gasteiger partial charge >= 0.3 is 0 Å². The highest BCUT2D eigenvalue weighted by molar-refractivity contribution is 5.48. The first-order chi connectivity index (χ1) is 14.1. The molecule has 0 spiro atoms. The average Bonchev–Trinajstić information content (AvgIpc) is 2.74. The Morgan fingerprint density at radius 2 is 1.66 bits per heavy atom. The zero-order chi connectivity index (χ0) is 20.5. The number of nitro groups is 1. The first kappa shape index (κ1) is 20.3. The van der Waals surface area contributed by atoms with E-state index in [0.717, 1.165) is 22.6 Å². The minimum atomic E-state index is -0.416. The minimum absolute atomic E-state index is 0.0749. The molecule has 7 heteroatoms. The van der Waals surface area contributed by atoms with Crippen LogP contribution in [0.1, 0.15) is 11.1 Å². The molecule has 0 unspecified atom stereocenters. The summed E-state index contributed by atoms with van der Waals surface area (Å²) in [7, 11) is 0. The number of hydrogen-bond acceptors (Lipinski definition) is 5. The molecule has 6 nitrogen and oxygen atoms in total. The number of nitro benzene ring substituents is 1. The first-order valence-corrected chi connectivity index (χ1v) is 9.26. The summed E-state index contributed by atoms with van der Waals surface area (Å²) in [6, 6.07) is 20.4. The summed E-state index contributed by atoms with van der Waals surface area (Å²) in [6.45, 7) is 2.40. The molecule has 0 aromatic heterocycles. The molecule has 29 heavy (non-hydrogen) atoms.